The van der Waals surface area contributed by atoms with E-state index in [-0.39, 0.29) is 0 Å². The Balaban J connectivity index is 1.53. The van der Waals surface area contributed by atoms with Gasteiger partial charge in [-0.25, -0.2) is 0 Å². The van der Waals surface area contributed by atoms with Gasteiger partial charge in [0.25, 0.3) is 0 Å². The zero-order valence-electron chi connectivity index (χ0n) is 10.9. The average Bonchev–Trinajstić information content (AvgIpc) is 2.31. The Labute approximate surface area is 105 Å². The van der Waals surface area contributed by atoms with E-state index in [9.17, 15) is 0 Å². The van der Waals surface area contributed by atoms with E-state index in [1.807, 2.05) is 0 Å². The molecule has 1 aliphatic carbocycles. The van der Waals surface area contributed by atoms with Crippen molar-refractivity contribution < 1.29 is 0 Å². The quantitative estimate of drug-likeness (QED) is 0.727. The van der Waals surface area contributed by atoms with Gasteiger partial charge in [0.2, 0.25) is 0 Å². The van der Waals surface area contributed by atoms with E-state index >= 15 is 0 Å². The minimum Gasteiger partial charge on any atom is -0.311 e. The summed E-state index contributed by atoms with van der Waals surface area (Å²) in [5, 5.41) is 3.50. The molecule has 2 rings (SSSR count). The number of rotatable bonds is 7. The van der Waals surface area contributed by atoms with Crippen molar-refractivity contribution in [2.45, 2.75) is 25.8 Å². The molecule has 1 aromatic carbocycles. The van der Waals surface area contributed by atoms with Crippen LogP contribution >= 0.6 is 0 Å². The average molecular weight is 232 g/mol. The number of hydrogen-bond acceptors (Lipinski definition) is 2. The summed E-state index contributed by atoms with van der Waals surface area (Å²) in [6, 6.07) is 10.6. The summed E-state index contributed by atoms with van der Waals surface area (Å²) in [4.78, 5) is 2.46. The molecule has 0 aliphatic heterocycles. The summed E-state index contributed by atoms with van der Waals surface area (Å²) in [7, 11) is 2.24. The van der Waals surface area contributed by atoms with Crippen molar-refractivity contribution >= 4 is 0 Å². The fraction of sp³-hybridized carbons (Fsp3) is 0.600. The van der Waals surface area contributed by atoms with Crippen LogP contribution in [-0.2, 0) is 6.54 Å². The Bertz CT molecular complexity index is 306. The monoisotopic (exact) mass is 232 g/mol. The predicted octanol–water partition coefficient (Wildman–Crippen LogP) is 2.51. The Morgan fingerprint density at radius 3 is 2.65 bits per heavy atom. The van der Waals surface area contributed by atoms with E-state index in [2.05, 4.69) is 47.6 Å². The fourth-order valence-electron chi connectivity index (χ4n) is 2.31. The molecule has 2 heteroatoms. The first-order valence-electron chi connectivity index (χ1n) is 6.78. The highest BCUT2D eigenvalue weighted by molar-refractivity contribution is 5.14. The van der Waals surface area contributed by atoms with Crippen LogP contribution in [0.5, 0.6) is 0 Å². The molecular formula is C15H24N2. The molecule has 94 valence electrons. The summed E-state index contributed by atoms with van der Waals surface area (Å²) in [5.74, 6) is 0.981. The molecule has 0 bridgehead atoms. The SMILES string of the molecule is CN(CCNCc1ccccc1)CC1CCC1. The topological polar surface area (TPSA) is 15.3 Å². The number of likely N-dealkylation sites (N-methyl/N-ethyl adjacent to an activating group) is 1. The molecule has 1 aromatic rings. The molecule has 0 radical (unpaired) electrons. The molecule has 0 saturated heterocycles. The Morgan fingerprint density at radius 1 is 1.24 bits per heavy atom. The van der Waals surface area contributed by atoms with Crippen molar-refractivity contribution in [2.75, 3.05) is 26.7 Å². The molecule has 2 nitrogen and oxygen atoms in total. The van der Waals surface area contributed by atoms with Crippen molar-refractivity contribution in [3.8, 4) is 0 Å². The van der Waals surface area contributed by atoms with Gasteiger partial charge in [-0.15, -0.1) is 0 Å². The van der Waals surface area contributed by atoms with Crippen LogP contribution < -0.4 is 5.32 Å². The number of nitrogens with one attached hydrogen (secondary N) is 1. The standard InChI is InChI=1S/C15H24N2/c1-17(13-15-8-5-9-15)11-10-16-12-14-6-3-2-4-7-14/h2-4,6-7,15-16H,5,8-13H2,1H3. The van der Waals surface area contributed by atoms with Gasteiger partial charge in [-0.2, -0.15) is 0 Å². The zero-order chi connectivity index (χ0) is 11.9. The van der Waals surface area contributed by atoms with Gasteiger partial charge >= 0.3 is 0 Å². The van der Waals surface area contributed by atoms with Gasteiger partial charge in [0.05, 0.1) is 0 Å². The minimum atomic E-state index is 0.981. The first kappa shape index (κ1) is 12.6. The third kappa shape index (κ3) is 4.49. The normalized spacial score (nSPS) is 16.1. The molecule has 0 unspecified atom stereocenters. The summed E-state index contributed by atoms with van der Waals surface area (Å²) in [6.45, 7) is 4.51. The second kappa shape index (κ2) is 6.77. The number of nitrogens with zero attached hydrogens (tertiary/aromatic N) is 1. The van der Waals surface area contributed by atoms with E-state index in [4.69, 9.17) is 0 Å². The maximum absolute atomic E-state index is 3.50. The summed E-state index contributed by atoms with van der Waals surface area (Å²) in [6.07, 6.45) is 4.34. The van der Waals surface area contributed by atoms with Crippen LogP contribution in [-0.4, -0.2) is 31.6 Å². The van der Waals surface area contributed by atoms with E-state index in [1.54, 1.807) is 0 Å². The molecule has 1 N–H and O–H groups in total. The van der Waals surface area contributed by atoms with Crippen LogP contribution in [0.3, 0.4) is 0 Å². The van der Waals surface area contributed by atoms with Crippen LogP contribution in [0.25, 0.3) is 0 Å². The maximum Gasteiger partial charge on any atom is 0.0206 e. The van der Waals surface area contributed by atoms with Gasteiger partial charge in [0, 0.05) is 26.2 Å². The highest BCUT2D eigenvalue weighted by Crippen LogP contribution is 2.26. The summed E-state index contributed by atoms with van der Waals surface area (Å²) >= 11 is 0. The molecule has 1 fully saturated rings. The van der Waals surface area contributed by atoms with Gasteiger partial charge in [0.15, 0.2) is 0 Å². The second-order valence-corrected chi connectivity index (χ2v) is 5.22. The highest BCUT2D eigenvalue weighted by atomic mass is 15.1. The highest BCUT2D eigenvalue weighted by Gasteiger charge is 2.18. The molecule has 1 aliphatic rings. The Hall–Kier alpha value is -0.860. The lowest BCUT2D eigenvalue weighted by atomic mass is 9.85. The molecule has 17 heavy (non-hydrogen) atoms. The van der Waals surface area contributed by atoms with Crippen molar-refractivity contribution in [1.29, 1.82) is 0 Å². The first-order valence-corrected chi connectivity index (χ1v) is 6.78. The summed E-state index contributed by atoms with van der Waals surface area (Å²) in [5.41, 5.74) is 1.37. The van der Waals surface area contributed by atoms with Gasteiger partial charge in [-0.05, 0) is 31.4 Å². The van der Waals surface area contributed by atoms with Crippen LogP contribution in [0.4, 0.5) is 0 Å². The van der Waals surface area contributed by atoms with Crippen molar-refractivity contribution in [2.24, 2.45) is 5.92 Å². The van der Waals surface area contributed by atoms with Gasteiger partial charge in [0.1, 0.15) is 0 Å². The van der Waals surface area contributed by atoms with Crippen molar-refractivity contribution in [3.05, 3.63) is 35.9 Å². The van der Waals surface area contributed by atoms with Crippen LogP contribution in [0.2, 0.25) is 0 Å². The second-order valence-electron chi connectivity index (χ2n) is 5.22. The Morgan fingerprint density at radius 2 is 2.00 bits per heavy atom. The van der Waals surface area contributed by atoms with Crippen LogP contribution in [0, 0.1) is 5.92 Å². The summed E-state index contributed by atoms with van der Waals surface area (Å²) < 4.78 is 0. The molecule has 0 spiro atoms. The molecule has 1 saturated carbocycles. The fourth-order valence-corrected chi connectivity index (χ4v) is 2.31. The molecule has 0 atom stereocenters. The third-order valence-electron chi connectivity index (χ3n) is 3.64. The third-order valence-corrected chi connectivity index (χ3v) is 3.64. The maximum atomic E-state index is 3.50. The van der Waals surface area contributed by atoms with E-state index in [0.29, 0.717) is 0 Å². The smallest absolute Gasteiger partial charge is 0.0206 e. The molecule has 0 heterocycles. The lowest BCUT2D eigenvalue weighted by molar-refractivity contribution is 0.205. The largest absolute Gasteiger partial charge is 0.311 e. The molecule has 0 aromatic heterocycles. The minimum absolute atomic E-state index is 0.981. The van der Waals surface area contributed by atoms with E-state index in [0.717, 1.165) is 25.6 Å². The lowest BCUT2D eigenvalue weighted by Crippen LogP contribution is -2.34. The Kier molecular flexibility index (Phi) is 5.02. The molecular weight excluding hydrogens is 208 g/mol. The predicted molar refractivity (Wildman–Crippen MR) is 73.0 cm³/mol. The van der Waals surface area contributed by atoms with Crippen molar-refractivity contribution in [1.82, 2.24) is 10.2 Å². The zero-order valence-corrected chi connectivity index (χ0v) is 10.9. The van der Waals surface area contributed by atoms with Crippen LogP contribution in [0.15, 0.2) is 30.3 Å². The van der Waals surface area contributed by atoms with Crippen LogP contribution in [0.1, 0.15) is 24.8 Å². The van der Waals surface area contributed by atoms with Gasteiger partial charge in [-0.3, -0.25) is 0 Å². The van der Waals surface area contributed by atoms with Gasteiger partial charge in [-0.1, -0.05) is 36.8 Å². The first-order chi connectivity index (χ1) is 8.34. The molecule has 0 amide bonds. The van der Waals surface area contributed by atoms with E-state index in [1.165, 1.54) is 31.4 Å². The number of hydrogen-bond donors (Lipinski definition) is 1. The van der Waals surface area contributed by atoms with E-state index < -0.39 is 0 Å². The van der Waals surface area contributed by atoms with Crippen molar-refractivity contribution in [3.63, 3.8) is 0 Å². The van der Waals surface area contributed by atoms with Gasteiger partial charge < -0.3 is 10.2 Å². The lowest BCUT2D eigenvalue weighted by Gasteiger charge is -2.30. The number of benzene rings is 1.